The molecule has 0 aromatic carbocycles. The Kier molecular flexibility index (Phi) is 4.14. The Morgan fingerprint density at radius 1 is 1.00 bits per heavy atom. The molecule has 2 N–H and O–H groups in total. The molecule has 2 aliphatic heterocycles. The van der Waals surface area contributed by atoms with Gasteiger partial charge in [-0.2, -0.15) is 5.10 Å². The number of hydrogen-bond donors (Lipinski definition) is 1. The van der Waals surface area contributed by atoms with E-state index in [4.69, 9.17) is 10.8 Å². The number of aryl methyl sites for hydroxylation is 1. The van der Waals surface area contributed by atoms with Crippen LogP contribution in [0.4, 0.5) is 5.82 Å². The highest BCUT2D eigenvalue weighted by Crippen LogP contribution is 2.30. The first-order valence-electron chi connectivity index (χ1n) is 9.01. The second-order valence-corrected chi connectivity index (χ2v) is 7.29. The summed E-state index contributed by atoms with van der Waals surface area (Å²) in [6.07, 6.45) is 6.41. The lowest BCUT2D eigenvalue weighted by atomic mass is 9.98. The number of nitrogens with two attached hydrogens (primary N) is 1. The van der Waals surface area contributed by atoms with E-state index in [1.54, 1.807) is 6.33 Å². The number of piperidine rings is 2. The normalized spacial score (nSPS) is 22.4. The van der Waals surface area contributed by atoms with Gasteiger partial charge in [0.1, 0.15) is 12.1 Å². The summed E-state index contributed by atoms with van der Waals surface area (Å²) in [5.41, 5.74) is 7.83. The lowest BCUT2D eigenvalue weighted by Gasteiger charge is -2.41. The first-order chi connectivity index (χ1) is 11.6. The van der Waals surface area contributed by atoms with Crippen LogP contribution in [0.1, 0.15) is 37.4 Å². The van der Waals surface area contributed by atoms with Gasteiger partial charge < -0.3 is 15.5 Å². The highest BCUT2D eigenvalue weighted by Gasteiger charge is 2.29. The van der Waals surface area contributed by atoms with Crippen LogP contribution in [-0.4, -0.2) is 68.8 Å². The molecule has 24 heavy (non-hydrogen) atoms. The predicted octanol–water partition coefficient (Wildman–Crippen LogP) is 1.45. The maximum absolute atomic E-state index is 6.01. The predicted molar refractivity (Wildman–Crippen MR) is 94.8 cm³/mol. The van der Waals surface area contributed by atoms with Crippen molar-refractivity contribution >= 4 is 16.9 Å². The molecule has 0 radical (unpaired) electrons. The fourth-order valence-electron chi connectivity index (χ4n) is 4.28. The van der Waals surface area contributed by atoms with Gasteiger partial charge in [0, 0.05) is 19.1 Å². The first-order valence-corrected chi connectivity index (χ1v) is 9.01. The molecule has 2 saturated heterocycles. The minimum Gasteiger partial charge on any atom is -0.383 e. The van der Waals surface area contributed by atoms with Gasteiger partial charge in [0.15, 0.2) is 5.65 Å². The fourth-order valence-corrected chi connectivity index (χ4v) is 4.28. The molecular formula is C17H27N7. The standard InChI is InChI=1S/C17H27N7/c1-12-15-16(18)19-11-20-17(15)24(21-12)14-5-9-23(10-6-14)13-3-7-22(2)8-4-13/h11,13-14H,3-10H2,1-2H3,(H2,18,19,20). The highest BCUT2D eigenvalue weighted by atomic mass is 15.3. The summed E-state index contributed by atoms with van der Waals surface area (Å²) in [5.74, 6) is 0.535. The quantitative estimate of drug-likeness (QED) is 0.899. The van der Waals surface area contributed by atoms with Gasteiger partial charge in [0.2, 0.25) is 0 Å². The molecule has 4 heterocycles. The molecule has 0 spiro atoms. The van der Waals surface area contributed by atoms with Crippen molar-refractivity contribution in [3.8, 4) is 0 Å². The molecule has 7 nitrogen and oxygen atoms in total. The molecule has 0 atom stereocenters. The Balaban J connectivity index is 1.47. The average Bonchev–Trinajstić information content (AvgIpc) is 2.94. The van der Waals surface area contributed by atoms with Crippen LogP contribution in [0.3, 0.4) is 0 Å². The number of rotatable bonds is 2. The maximum Gasteiger partial charge on any atom is 0.163 e. The number of hydrogen-bond acceptors (Lipinski definition) is 6. The van der Waals surface area contributed by atoms with Crippen molar-refractivity contribution in [3.05, 3.63) is 12.0 Å². The minimum atomic E-state index is 0.415. The second kappa shape index (κ2) is 6.29. The Labute approximate surface area is 142 Å². The van der Waals surface area contributed by atoms with Crippen LogP contribution in [0.25, 0.3) is 11.0 Å². The van der Waals surface area contributed by atoms with Crippen molar-refractivity contribution in [2.45, 2.75) is 44.7 Å². The van der Waals surface area contributed by atoms with Gasteiger partial charge in [0.25, 0.3) is 0 Å². The molecule has 0 unspecified atom stereocenters. The van der Waals surface area contributed by atoms with Gasteiger partial charge in [-0.25, -0.2) is 14.6 Å². The van der Waals surface area contributed by atoms with Gasteiger partial charge in [-0.15, -0.1) is 0 Å². The van der Waals surface area contributed by atoms with Crippen molar-refractivity contribution in [2.75, 3.05) is 39.0 Å². The summed E-state index contributed by atoms with van der Waals surface area (Å²) in [6.45, 7) is 6.75. The molecule has 2 aliphatic rings. The lowest BCUT2D eigenvalue weighted by Crippen LogP contribution is -2.47. The number of nitrogens with zero attached hydrogens (tertiary/aromatic N) is 6. The van der Waals surface area contributed by atoms with Crippen molar-refractivity contribution < 1.29 is 0 Å². The highest BCUT2D eigenvalue weighted by molar-refractivity contribution is 5.87. The zero-order valence-corrected chi connectivity index (χ0v) is 14.6. The van der Waals surface area contributed by atoms with Gasteiger partial charge >= 0.3 is 0 Å². The number of anilines is 1. The first kappa shape index (κ1) is 15.8. The van der Waals surface area contributed by atoms with E-state index in [1.165, 1.54) is 25.9 Å². The van der Waals surface area contributed by atoms with Crippen LogP contribution in [0.2, 0.25) is 0 Å². The molecule has 0 amide bonds. The summed E-state index contributed by atoms with van der Waals surface area (Å²) in [5, 5.41) is 5.64. The number of likely N-dealkylation sites (tertiary alicyclic amines) is 2. The van der Waals surface area contributed by atoms with E-state index in [0.717, 1.165) is 48.7 Å². The van der Waals surface area contributed by atoms with E-state index in [-0.39, 0.29) is 0 Å². The molecule has 0 bridgehead atoms. The lowest BCUT2D eigenvalue weighted by molar-refractivity contribution is 0.0858. The van der Waals surface area contributed by atoms with Crippen LogP contribution in [-0.2, 0) is 0 Å². The Morgan fingerprint density at radius 3 is 2.38 bits per heavy atom. The molecule has 4 rings (SSSR count). The summed E-state index contributed by atoms with van der Waals surface area (Å²) in [6, 6.07) is 1.18. The Hall–Kier alpha value is -1.73. The van der Waals surface area contributed by atoms with E-state index in [1.807, 2.05) is 6.92 Å². The molecule has 130 valence electrons. The molecule has 7 heteroatoms. The van der Waals surface area contributed by atoms with Crippen molar-refractivity contribution in [1.82, 2.24) is 29.5 Å². The topological polar surface area (TPSA) is 76.1 Å². The van der Waals surface area contributed by atoms with Crippen LogP contribution in [0.15, 0.2) is 6.33 Å². The summed E-state index contributed by atoms with van der Waals surface area (Å²) in [7, 11) is 2.22. The summed E-state index contributed by atoms with van der Waals surface area (Å²) in [4.78, 5) is 13.7. The van der Waals surface area contributed by atoms with Crippen molar-refractivity contribution in [1.29, 1.82) is 0 Å². The minimum absolute atomic E-state index is 0.415. The van der Waals surface area contributed by atoms with Gasteiger partial charge in [-0.3, -0.25) is 0 Å². The second-order valence-electron chi connectivity index (χ2n) is 7.29. The van der Waals surface area contributed by atoms with Crippen molar-refractivity contribution in [3.63, 3.8) is 0 Å². The molecule has 0 saturated carbocycles. The van der Waals surface area contributed by atoms with E-state index in [9.17, 15) is 0 Å². The van der Waals surface area contributed by atoms with E-state index in [2.05, 4.69) is 31.5 Å². The third-order valence-electron chi connectivity index (χ3n) is 5.74. The fraction of sp³-hybridized carbons (Fsp3) is 0.706. The third-order valence-corrected chi connectivity index (χ3v) is 5.74. The molecule has 2 aromatic rings. The van der Waals surface area contributed by atoms with Crippen LogP contribution in [0.5, 0.6) is 0 Å². The van der Waals surface area contributed by atoms with Gasteiger partial charge in [-0.1, -0.05) is 0 Å². The summed E-state index contributed by atoms with van der Waals surface area (Å²) >= 11 is 0. The van der Waals surface area contributed by atoms with Gasteiger partial charge in [0.05, 0.1) is 17.1 Å². The van der Waals surface area contributed by atoms with Crippen molar-refractivity contribution in [2.24, 2.45) is 0 Å². The van der Waals surface area contributed by atoms with Crippen LogP contribution >= 0.6 is 0 Å². The molecule has 2 fully saturated rings. The zero-order valence-electron chi connectivity index (χ0n) is 14.6. The monoisotopic (exact) mass is 329 g/mol. The SMILES string of the molecule is Cc1nn(C2CCN(C3CCN(C)CC3)CC2)c2ncnc(N)c12. The number of fused-ring (bicyclic) bond motifs is 1. The molecule has 2 aromatic heterocycles. The largest absolute Gasteiger partial charge is 0.383 e. The summed E-state index contributed by atoms with van der Waals surface area (Å²) < 4.78 is 2.09. The van der Waals surface area contributed by atoms with E-state index in [0.29, 0.717) is 11.9 Å². The molecular weight excluding hydrogens is 302 g/mol. The van der Waals surface area contributed by atoms with Crippen LogP contribution < -0.4 is 5.73 Å². The zero-order chi connectivity index (χ0) is 16.7. The third kappa shape index (κ3) is 2.75. The Morgan fingerprint density at radius 2 is 1.67 bits per heavy atom. The Bertz CT molecular complexity index is 709. The van der Waals surface area contributed by atoms with Gasteiger partial charge in [-0.05, 0) is 52.7 Å². The van der Waals surface area contributed by atoms with Crippen LogP contribution in [0, 0.1) is 6.92 Å². The smallest absolute Gasteiger partial charge is 0.163 e. The number of nitrogen functional groups attached to an aromatic ring is 1. The number of aromatic nitrogens is 4. The average molecular weight is 329 g/mol. The van der Waals surface area contributed by atoms with E-state index < -0.39 is 0 Å². The van der Waals surface area contributed by atoms with E-state index >= 15 is 0 Å². The molecule has 0 aliphatic carbocycles. The maximum atomic E-state index is 6.01.